The molecule has 0 aliphatic carbocycles. The van der Waals surface area contributed by atoms with Gasteiger partial charge in [-0.3, -0.25) is 8.77 Å². The van der Waals surface area contributed by atoms with E-state index in [4.69, 9.17) is 7.25 Å². The minimum Gasteiger partial charge on any atom is -0.438 e. The van der Waals surface area contributed by atoms with Gasteiger partial charge in [0, 0.05) is 48.2 Å². The first-order valence-electron chi connectivity index (χ1n) is 13.1. The lowest BCUT2D eigenvalue weighted by molar-refractivity contribution is 0.0786. The second-order valence-corrected chi connectivity index (χ2v) is 12.4. The lowest BCUT2D eigenvalue weighted by Gasteiger charge is -2.22. The first kappa shape index (κ1) is 28.2. The number of aliphatic hydroxyl groups is 1. The maximum Gasteiger partial charge on any atom is 0.275 e. The first-order valence-corrected chi connectivity index (χ1v) is 14.7. The van der Waals surface area contributed by atoms with Gasteiger partial charge in [0.15, 0.2) is 0 Å². The zero-order chi connectivity index (χ0) is 27.6. The summed E-state index contributed by atoms with van der Waals surface area (Å²) in [5, 5.41) is 15.0. The molecule has 5 rings (SSSR count). The molecule has 10 heteroatoms. The quantitative estimate of drug-likeness (QED) is 0.165. The highest BCUT2D eigenvalue weighted by Crippen LogP contribution is 2.39. The molecule has 4 heterocycles. The summed E-state index contributed by atoms with van der Waals surface area (Å²) in [4.78, 5) is 17.6. The van der Waals surface area contributed by atoms with Crippen LogP contribution in [0.25, 0.3) is 22.0 Å². The van der Waals surface area contributed by atoms with Crippen molar-refractivity contribution in [1.82, 2.24) is 18.8 Å². The van der Waals surface area contributed by atoms with Gasteiger partial charge in [-0.1, -0.05) is 12.1 Å². The molecule has 1 fully saturated rings. The van der Waals surface area contributed by atoms with Crippen molar-refractivity contribution in [3.05, 3.63) is 76.5 Å². The smallest absolute Gasteiger partial charge is 0.275 e. The fraction of sp³-hybridized carbons (Fsp3) is 0.379. The third kappa shape index (κ3) is 6.35. The number of hydrogen-bond donors (Lipinski definition) is 2. The summed E-state index contributed by atoms with van der Waals surface area (Å²) in [6, 6.07) is 11.5. The molecule has 0 radical (unpaired) electrons. The lowest BCUT2D eigenvalue weighted by Crippen LogP contribution is -2.27. The molecule has 0 spiro atoms. The Balaban J connectivity index is 1.49. The number of fused-ring (bicyclic) bond motifs is 1. The van der Waals surface area contributed by atoms with Crippen LogP contribution >= 0.6 is 35.2 Å². The summed E-state index contributed by atoms with van der Waals surface area (Å²) in [6.45, 7) is 5.72. The number of piperidine rings is 1. The van der Waals surface area contributed by atoms with E-state index in [2.05, 4.69) is 16.4 Å². The van der Waals surface area contributed by atoms with Crippen LogP contribution < -0.4 is 15.6 Å². The van der Waals surface area contributed by atoms with Crippen LogP contribution in [-0.4, -0.2) is 31.7 Å². The molecule has 206 valence electrons. The third-order valence-electron chi connectivity index (χ3n) is 7.38. The molecule has 0 amide bonds. The van der Waals surface area contributed by atoms with Gasteiger partial charge in [0.1, 0.15) is 46.5 Å². The number of ether oxygens (including phenoxy) is 1. The summed E-state index contributed by atoms with van der Waals surface area (Å²) in [5.41, 5.74) is 2.81. The van der Waals surface area contributed by atoms with Crippen molar-refractivity contribution < 1.29 is 12.4 Å². The fourth-order valence-corrected chi connectivity index (χ4v) is 6.06. The zero-order valence-electron chi connectivity index (χ0n) is 22.3. The van der Waals surface area contributed by atoms with E-state index in [0.717, 1.165) is 59.7 Å². The van der Waals surface area contributed by atoms with Crippen molar-refractivity contribution >= 4 is 46.1 Å². The van der Waals surface area contributed by atoms with Gasteiger partial charge < -0.3 is 19.7 Å². The molecule has 1 aliphatic heterocycles. The van der Waals surface area contributed by atoms with Gasteiger partial charge >= 0.3 is 0 Å². The first-order chi connectivity index (χ1) is 18.7. The highest BCUT2D eigenvalue weighted by atomic mass is 127. The summed E-state index contributed by atoms with van der Waals surface area (Å²) in [6.07, 6.45) is 10.2. The number of rotatable bonds is 9. The van der Waals surface area contributed by atoms with E-state index in [1.54, 1.807) is 58.6 Å². The molecule has 0 bridgehead atoms. The van der Waals surface area contributed by atoms with Crippen LogP contribution in [0.3, 0.4) is 0 Å². The third-order valence-corrected chi connectivity index (χ3v) is 8.39. The molecule has 1 aliphatic rings. The van der Waals surface area contributed by atoms with Crippen LogP contribution in [0, 0.1) is 5.92 Å². The normalized spacial score (nSPS) is 14.7. The van der Waals surface area contributed by atoms with Gasteiger partial charge in [0.2, 0.25) is 5.88 Å². The molecule has 4 aromatic rings. The molecule has 39 heavy (non-hydrogen) atoms. The number of nitrogens with zero attached hydrogens (tertiary/aromatic N) is 3. The van der Waals surface area contributed by atoms with Crippen LogP contribution in [0.1, 0.15) is 44.2 Å². The van der Waals surface area contributed by atoms with Crippen molar-refractivity contribution in [2.24, 2.45) is 13.0 Å². The Hall–Kier alpha value is -2.38. The molecular formula is C29H33IN4O4S. The van der Waals surface area contributed by atoms with Crippen molar-refractivity contribution in [3.63, 3.8) is 0 Å². The second kappa shape index (κ2) is 12.0. The molecule has 8 nitrogen and oxygen atoms in total. The number of halogens is 1. The highest BCUT2D eigenvalue weighted by molar-refractivity contribution is 14.1. The van der Waals surface area contributed by atoms with Crippen LogP contribution in [0.5, 0.6) is 11.6 Å². The molecule has 2 N–H and O–H groups in total. The van der Waals surface area contributed by atoms with Crippen molar-refractivity contribution in [1.29, 1.82) is 0 Å². The van der Waals surface area contributed by atoms with Gasteiger partial charge in [-0.25, -0.2) is 7.50 Å². The zero-order valence-corrected chi connectivity index (χ0v) is 25.3. The van der Waals surface area contributed by atoms with Crippen LogP contribution in [0.4, 0.5) is 0 Å². The van der Waals surface area contributed by atoms with E-state index in [1.165, 1.54) is 24.8 Å². The average Bonchev–Trinajstić information content (AvgIpc) is 3.35. The van der Waals surface area contributed by atoms with E-state index in [-0.39, 0.29) is 5.56 Å². The number of hydrogen-bond acceptors (Lipinski definition) is 7. The lowest BCUT2D eigenvalue weighted by atomic mass is 9.92. The molecule has 0 atom stereocenters. The number of aromatic nitrogens is 3. The Morgan fingerprint density at radius 1 is 1.18 bits per heavy atom. The SMILES string of the molecule is Cn1cc(-c2cc(C(C)(C)O)ccc2Oc2ccc(CCC3CCNCC3)cn2)c2ccn(SOI)c2c1=O. The maximum atomic E-state index is 13.0. The van der Waals surface area contributed by atoms with E-state index < -0.39 is 5.60 Å². The standard InChI is InChI=1S/C29H33IN4O4S/c1-29(2,36)21-7-8-25(37-26-9-6-20(17-32-26)5-4-19-10-13-31-14-11-19)23(16-21)24-18-33(3)28(35)27-22(24)12-15-34(27)39-38-30/h6-9,12,15-19,31,36H,4-5,10-11,13-14H2,1-3H3. The van der Waals surface area contributed by atoms with Gasteiger partial charge in [-0.15, -0.1) is 0 Å². The fourth-order valence-electron chi connectivity index (χ4n) is 5.12. The molecule has 3 aromatic heterocycles. The minimum atomic E-state index is -1.06. The van der Waals surface area contributed by atoms with E-state index in [0.29, 0.717) is 17.1 Å². The number of benzene rings is 1. The Kier molecular flexibility index (Phi) is 8.67. The van der Waals surface area contributed by atoms with Gasteiger partial charge in [-0.2, -0.15) is 0 Å². The summed E-state index contributed by atoms with van der Waals surface area (Å²) in [7, 11) is 1.72. The van der Waals surface area contributed by atoms with Crippen LogP contribution in [0.2, 0.25) is 0 Å². The Bertz CT molecular complexity index is 1500. The largest absolute Gasteiger partial charge is 0.438 e. The molecular weight excluding hydrogens is 627 g/mol. The van der Waals surface area contributed by atoms with Gasteiger partial charge in [-0.05, 0) is 87.9 Å². The topological polar surface area (TPSA) is 90.5 Å². The summed E-state index contributed by atoms with van der Waals surface area (Å²) in [5.74, 6) is 1.85. The molecule has 1 saturated heterocycles. The summed E-state index contributed by atoms with van der Waals surface area (Å²) >= 11 is 2.86. The molecule has 1 aromatic carbocycles. The monoisotopic (exact) mass is 660 g/mol. The highest BCUT2D eigenvalue weighted by Gasteiger charge is 2.22. The number of pyridine rings is 2. The number of aryl methyl sites for hydroxylation is 2. The van der Waals surface area contributed by atoms with E-state index in [1.807, 2.05) is 42.7 Å². The maximum absolute atomic E-state index is 13.0. The van der Waals surface area contributed by atoms with Gasteiger partial charge in [0.05, 0.1) is 5.60 Å². The van der Waals surface area contributed by atoms with E-state index >= 15 is 0 Å². The predicted molar refractivity (Wildman–Crippen MR) is 164 cm³/mol. The second-order valence-electron chi connectivity index (χ2n) is 10.6. The summed E-state index contributed by atoms with van der Waals surface area (Å²) < 4.78 is 14.8. The van der Waals surface area contributed by atoms with Crippen molar-refractivity contribution in [3.8, 4) is 22.8 Å². The van der Waals surface area contributed by atoms with Crippen LogP contribution in [0.15, 0.2) is 59.8 Å². The molecule has 0 unspecified atom stereocenters. The van der Waals surface area contributed by atoms with Crippen molar-refractivity contribution in [2.75, 3.05) is 13.1 Å². The Morgan fingerprint density at radius 2 is 1.97 bits per heavy atom. The molecule has 0 saturated carbocycles. The average molecular weight is 661 g/mol. The van der Waals surface area contributed by atoms with Crippen molar-refractivity contribution in [2.45, 2.75) is 45.1 Å². The Morgan fingerprint density at radius 3 is 2.67 bits per heavy atom. The number of nitrogens with one attached hydrogen (secondary N) is 1. The Labute approximate surface area is 246 Å². The van der Waals surface area contributed by atoms with Crippen LogP contribution in [-0.2, 0) is 21.6 Å². The van der Waals surface area contributed by atoms with Gasteiger partial charge in [0.25, 0.3) is 5.56 Å². The predicted octanol–water partition coefficient (Wildman–Crippen LogP) is 6.13. The minimum absolute atomic E-state index is 0.137. The van der Waals surface area contributed by atoms with E-state index in [9.17, 15) is 9.90 Å².